The summed E-state index contributed by atoms with van der Waals surface area (Å²) in [6, 6.07) is 6.14. The number of aliphatic imine (C=N–C) groups is 1. The third-order valence-electron chi connectivity index (χ3n) is 2.29. The Kier molecular flexibility index (Phi) is 2.39. The van der Waals surface area contributed by atoms with Gasteiger partial charge in [0.1, 0.15) is 11.6 Å². The molecule has 0 atom stereocenters. The normalized spacial score (nSPS) is 14.9. The molecular formula is C11H14N2O. The quantitative estimate of drug-likeness (QED) is 0.763. The molecule has 3 heteroatoms. The molecule has 74 valence electrons. The van der Waals surface area contributed by atoms with Crippen LogP contribution in [-0.2, 0) is 0 Å². The number of nitrogens with one attached hydrogen (secondary N) is 1. The highest BCUT2D eigenvalue weighted by atomic mass is 16.5. The largest absolute Gasteiger partial charge is 0.496 e. The topological polar surface area (TPSA) is 33.6 Å². The molecule has 0 radical (unpaired) electrons. The van der Waals surface area contributed by atoms with Crippen LogP contribution in [0, 0.1) is 6.92 Å². The summed E-state index contributed by atoms with van der Waals surface area (Å²) >= 11 is 0. The molecule has 1 aromatic carbocycles. The number of rotatable bonds is 2. The second-order valence-electron chi connectivity index (χ2n) is 3.36. The van der Waals surface area contributed by atoms with Crippen molar-refractivity contribution in [2.45, 2.75) is 6.92 Å². The fourth-order valence-corrected chi connectivity index (χ4v) is 1.57. The van der Waals surface area contributed by atoms with Gasteiger partial charge in [-0.3, -0.25) is 4.99 Å². The predicted octanol–water partition coefficient (Wildman–Crippen LogP) is 1.35. The Morgan fingerprint density at radius 1 is 1.43 bits per heavy atom. The van der Waals surface area contributed by atoms with E-state index < -0.39 is 0 Å². The Morgan fingerprint density at radius 2 is 2.29 bits per heavy atom. The molecular weight excluding hydrogens is 176 g/mol. The summed E-state index contributed by atoms with van der Waals surface area (Å²) < 4.78 is 5.32. The number of amidine groups is 1. The van der Waals surface area contributed by atoms with Crippen molar-refractivity contribution in [2.24, 2.45) is 4.99 Å². The van der Waals surface area contributed by atoms with Crippen LogP contribution in [0.4, 0.5) is 0 Å². The minimum atomic E-state index is 0.854. The Labute approximate surface area is 83.8 Å². The molecule has 0 unspecified atom stereocenters. The van der Waals surface area contributed by atoms with Crippen molar-refractivity contribution in [1.29, 1.82) is 0 Å². The minimum absolute atomic E-state index is 0.854. The van der Waals surface area contributed by atoms with E-state index in [0.717, 1.165) is 30.2 Å². The summed E-state index contributed by atoms with van der Waals surface area (Å²) in [6.07, 6.45) is 0. The van der Waals surface area contributed by atoms with Gasteiger partial charge in [-0.25, -0.2) is 0 Å². The molecule has 0 amide bonds. The highest BCUT2D eigenvalue weighted by Gasteiger charge is 2.12. The van der Waals surface area contributed by atoms with E-state index in [-0.39, 0.29) is 0 Å². The van der Waals surface area contributed by atoms with Crippen LogP contribution >= 0.6 is 0 Å². The SMILES string of the molecule is COc1cc(C)ccc1C1=NCCN1. The Hall–Kier alpha value is -1.51. The third kappa shape index (κ3) is 1.58. The van der Waals surface area contributed by atoms with E-state index in [2.05, 4.69) is 23.3 Å². The summed E-state index contributed by atoms with van der Waals surface area (Å²) in [5, 5.41) is 3.24. The zero-order valence-corrected chi connectivity index (χ0v) is 8.50. The van der Waals surface area contributed by atoms with E-state index in [4.69, 9.17) is 4.74 Å². The molecule has 1 aliphatic heterocycles. The average Bonchev–Trinajstić information content (AvgIpc) is 2.70. The van der Waals surface area contributed by atoms with E-state index in [1.165, 1.54) is 5.56 Å². The van der Waals surface area contributed by atoms with Crippen LogP contribution in [0.1, 0.15) is 11.1 Å². The zero-order valence-electron chi connectivity index (χ0n) is 8.50. The monoisotopic (exact) mass is 190 g/mol. The van der Waals surface area contributed by atoms with E-state index in [0.29, 0.717) is 0 Å². The van der Waals surface area contributed by atoms with Crippen LogP contribution in [0.2, 0.25) is 0 Å². The lowest BCUT2D eigenvalue weighted by Crippen LogP contribution is -2.20. The molecule has 0 aliphatic carbocycles. The number of hydrogen-bond acceptors (Lipinski definition) is 3. The Bertz CT molecular complexity index is 372. The van der Waals surface area contributed by atoms with Gasteiger partial charge in [0.05, 0.1) is 19.2 Å². The van der Waals surface area contributed by atoms with Crippen molar-refractivity contribution in [1.82, 2.24) is 5.32 Å². The van der Waals surface area contributed by atoms with Gasteiger partial charge in [-0.1, -0.05) is 6.07 Å². The average molecular weight is 190 g/mol. The molecule has 0 saturated carbocycles. The molecule has 0 saturated heterocycles. The number of benzene rings is 1. The van der Waals surface area contributed by atoms with Gasteiger partial charge < -0.3 is 10.1 Å². The van der Waals surface area contributed by atoms with Gasteiger partial charge in [0.15, 0.2) is 0 Å². The highest BCUT2D eigenvalue weighted by Crippen LogP contribution is 2.20. The number of hydrogen-bond donors (Lipinski definition) is 1. The second-order valence-corrected chi connectivity index (χ2v) is 3.36. The predicted molar refractivity (Wildman–Crippen MR) is 57.1 cm³/mol. The van der Waals surface area contributed by atoms with Crippen LogP contribution < -0.4 is 10.1 Å². The molecule has 1 heterocycles. The molecule has 3 nitrogen and oxygen atoms in total. The fraction of sp³-hybridized carbons (Fsp3) is 0.364. The summed E-state index contributed by atoms with van der Waals surface area (Å²) in [7, 11) is 1.69. The summed E-state index contributed by atoms with van der Waals surface area (Å²) in [5.41, 5.74) is 2.25. The molecule has 0 aromatic heterocycles. The minimum Gasteiger partial charge on any atom is -0.496 e. The van der Waals surface area contributed by atoms with E-state index in [1.807, 2.05) is 12.1 Å². The molecule has 1 aliphatic rings. The zero-order chi connectivity index (χ0) is 9.97. The first-order valence-electron chi connectivity index (χ1n) is 4.74. The van der Waals surface area contributed by atoms with Gasteiger partial charge in [0.25, 0.3) is 0 Å². The van der Waals surface area contributed by atoms with Crippen molar-refractivity contribution >= 4 is 5.84 Å². The summed E-state index contributed by atoms with van der Waals surface area (Å²) in [6.45, 7) is 3.83. The van der Waals surface area contributed by atoms with Crippen LogP contribution in [-0.4, -0.2) is 26.0 Å². The summed E-state index contributed by atoms with van der Waals surface area (Å²) in [5.74, 6) is 1.83. The summed E-state index contributed by atoms with van der Waals surface area (Å²) in [4.78, 5) is 4.37. The van der Waals surface area contributed by atoms with E-state index in [1.54, 1.807) is 7.11 Å². The van der Waals surface area contributed by atoms with E-state index >= 15 is 0 Å². The van der Waals surface area contributed by atoms with Gasteiger partial charge in [-0.05, 0) is 24.6 Å². The smallest absolute Gasteiger partial charge is 0.132 e. The van der Waals surface area contributed by atoms with Crippen LogP contribution in [0.3, 0.4) is 0 Å². The van der Waals surface area contributed by atoms with Gasteiger partial charge in [-0.2, -0.15) is 0 Å². The lowest BCUT2D eigenvalue weighted by molar-refractivity contribution is 0.413. The van der Waals surface area contributed by atoms with Crippen molar-refractivity contribution < 1.29 is 4.74 Å². The first kappa shape index (κ1) is 9.06. The van der Waals surface area contributed by atoms with Gasteiger partial charge in [0.2, 0.25) is 0 Å². The number of aryl methyl sites for hydroxylation is 1. The van der Waals surface area contributed by atoms with Gasteiger partial charge in [0, 0.05) is 6.54 Å². The van der Waals surface area contributed by atoms with Crippen molar-refractivity contribution in [3.63, 3.8) is 0 Å². The van der Waals surface area contributed by atoms with Crippen molar-refractivity contribution in [3.05, 3.63) is 29.3 Å². The molecule has 1 aromatic rings. The molecule has 0 fully saturated rings. The Morgan fingerprint density at radius 3 is 2.93 bits per heavy atom. The standard InChI is InChI=1S/C11H14N2O/c1-8-3-4-9(10(7-8)14-2)11-12-5-6-13-11/h3-4,7H,5-6H2,1-2H3,(H,12,13). The Balaban J connectivity index is 2.41. The first-order valence-corrected chi connectivity index (χ1v) is 4.74. The number of ether oxygens (including phenoxy) is 1. The molecule has 1 N–H and O–H groups in total. The maximum Gasteiger partial charge on any atom is 0.132 e. The third-order valence-corrected chi connectivity index (χ3v) is 2.29. The fourth-order valence-electron chi connectivity index (χ4n) is 1.57. The molecule has 2 rings (SSSR count). The van der Waals surface area contributed by atoms with Crippen molar-refractivity contribution in [2.75, 3.05) is 20.2 Å². The number of nitrogens with zero attached hydrogens (tertiary/aromatic N) is 1. The molecule has 14 heavy (non-hydrogen) atoms. The maximum absolute atomic E-state index is 5.32. The van der Waals surface area contributed by atoms with Gasteiger partial charge >= 0.3 is 0 Å². The van der Waals surface area contributed by atoms with Crippen LogP contribution in [0.25, 0.3) is 0 Å². The van der Waals surface area contributed by atoms with E-state index in [9.17, 15) is 0 Å². The molecule has 0 bridgehead atoms. The maximum atomic E-state index is 5.32. The molecule has 0 spiro atoms. The lowest BCUT2D eigenvalue weighted by atomic mass is 10.1. The lowest BCUT2D eigenvalue weighted by Gasteiger charge is -2.09. The van der Waals surface area contributed by atoms with Gasteiger partial charge in [-0.15, -0.1) is 0 Å². The van der Waals surface area contributed by atoms with Crippen LogP contribution in [0.5, 0.6) is 5.75 Å². The van der Waals surface area contributed by atoms with Crippen LogP contribution in [0.15, 0.2) is 23.2 Å². The second kappa shape index (κ2) is 3.70. The highest BCUT2D eigenvalue weighted by molar-refractivity contribution is 6.02. The van der Waals surface area contributed by atoms with Crippen molar-refractivity contribution in [3.8, 4) is 5.75 Å². The first-order chi connectivity index (χ1) is 6.81. The number of methoxy groups -OCH3 is 1.